The summed E-state index contributed by atoms with van der Waals surface area (Å²) in [6.07, 6.45) is 8.09. The van der Waals surface area contributed by atoms with Crippen LogP contribution in [0.3, 0.4) is 0 Å². The van der Waals surface area contributed by atoms with Crippen LogP contribution in [0.1, 0.15) is 45.4 Å². The number of likely N-dealkylation sites (N-methyl/N-ethyl adjacent to an activating group) is 1. The average molecular weight is 286 g/mol. The lowest BCUT2D eigenvalue weighted by Gasteiger charge is -2.38. The Labute approximate surface area is 124 Å². The molecule has 1 saturated carbocycles. The monoisotopic (exact) mass is 286 g/mol. The van der Waals surface area contributed by atoms with Crippen LogP contribution in [0.15, 0.2) is 0 Å². The third-order valence-corrected chi connectivity index (χ3v) is 4.57. The van der Waals surface area contributed by atoms with E-state index in [1.165, 1.54) is 38.5 Å². The van der Waals surface area contributed by atoms with Gasteiger partial charge in [-0.25, -0.2) is 0 Å². The fourth-order valence-electron chi connectivity index (χ4n) is 3.36. The van der Waals surface area contributed by atoms with Crippen LogP contribution >= 0.6 is 0 Å². The van der Waals surface area contributed by atoms with Gasteiger partial charge in [-0.2, -0.15) is 0 Å². The normalized spacial score (nSPS) is 19.2. The van der Waals surface area contributed by atoms with Crippen molar-refractivity contribution in [2.24, 2.45) is 5.41 Å². The first-order valence-corrected chi connectivity index (χ1v) is 8.29. The molecule has 0 atom stereocenters. The molecule has 1 rings (SSSR count). The molecule has 0 aliphatic heterocycles. The quantitative estimate of drug-likeness (QED) is 0.475. The second kappa shape index (κ2) is 10.6. The van der Waals surface area contributed by atoms with Crippen LogP contribution in [-0.4, -0.2) is 63.1 Å². The molecule has 1 aliphatic rings. The Morgan fingerprint density at radius 1 is 1.20 bits per heavy atom. The highest BCUT2D eigenvalue weighted by atomic mass is 16.5. The summed E-state index contributed by atoms with van der Waals surface area (Å²) >= 11 is 0. The van der Waals surface area contributed by atoms with E-state index < -0.39 is 0 Å². The summed E-state index contributed by atoms with van der Waals surface area (Å²) < 4.78 is 5.12. The topological polar surface area (TPSA) is 44.7 Å². The van der Waals surface area contributed by atoms with Gasteiger partial charge < -0.3 is 20.1 Å². The van der Waals surface area contributed by atoms with Crippen molar-refractivity contribution in [1.29, 1.82) is 0 Å². The lowest BCUT2D eigenvalue weighted by molar-refractivity contribution is 0.109. The molecular formula is C16H34N2O2. The van der Waals surface area contributed by atoms with E-state index in [1.807, 2.05) is 0 Å². The maximum absolute atomic E-state index is 9.21. The Morgan fingerprint density at radius 3 is 2.45 bits per heavy atom. The Balaban J connectivity index is 2.56. The van der Waals surface area contributed by atoms with Gasteiger partial charge in [0.05, 0.1) is 13.2 Å². The number of hydrogen-bond acceptors (Lipinski definition) is 4. The summed E-state index contributed by atoms with van der Waals surface area (Å²) in [7, 11) is 1.75. The third-order valence-electron chi connectivity index (χ3n) is 4.57. The zero-order valence-corrected chi connectivity index (χ0v) is 13.5. The summed E-state index contributed by atoms with van der Waals surface area (Å²) in [4.78, 5) is 2.41. The van der Waals surface area contributed by atoms with Crippen LogP contribution in [0.5, 0.6) is 0 Å². The van der Waals surface area contributed by atoms with E-state index in [-0.39, 0.29) is 6.61 Å². The van der Waals surface area contributed by atoms with Gasteiger partial charge in [-0.1, -0.05) is 32.6 Å². The van der Waals surface area contributed by atoms with Crippen LogP contribution in [0, 0.1) is 5.41 Å². The third kappa shape index (κ3) is 6.53. The number of nitrogens with one attached hydrogen (secondary N) is 1. The van der Waals surface area contributed by atoms with Crippen LogP contribution in [-0.2, 0) is 4.74 Å². The summed E-state index contributed by atoms with van der Waals surface area (Å²) in [5.41, 5.74) is 0.384. The van der Waals surface area contributed by atoms with Gasteiger partial charge in [0, 0.05) is 33.3 Å². The van der Waals surface area contributed by atoms with Crippen molar-refractivity contribution in [2.45, 2.75) is 45.4 Å². The molecule has 20 heavy (non-hydrogen) atoms. The van der Waals surface area contributed by atoms with Crippen molar-refractivity contribution in [1.82, 2.24) is 10.2 Å². The largest absolute Gasteiger partial charge is 0.395 e. The van der Waals surface area contributed by atoms with E-state index >= 15 is 0 Å². The highest BCUT2D eigenvalue weighted by molar-refractivity contribution is 4.87. The molecule has 2 N–H and O–H groups in total. The van der Waals surface area contributed by atoms with Crippen molar-refractivity contribution in [2.75, 3.05) is 53.0 Å². The zero-order valence-electron chi connectivity index (χ0n) is 13.5. The van der Waals surface area contributed by atoms with Gasteiger partial charge in [0.15, 0.2) is 0 Å². The molecule has 0 saturated heterocycles. The van der Waals surface area contributed by atoms with Crippen molar-refractivity contribution in [3.8, 4) is 0 Å². The fraction of sp³-hybridized carbons (Fsp3) is 1.00. The number of ether oxygens (including phenoxy) is 1. The predicted molar refractivity (Wildman–Crippen MR) is 84.1 cm³/mol. The molecule has 0 amide bonds. The predicted octanol–water partition coefficient (Wildman–Crippen LogP) is 1.88. The number of rotatable bonds is 10. The molecule has 1 aliphatic carbocycles. The second-order valence-corrected chi connectivity index (χ2v) is 6.18. The van der Waals surface area contributed by atoms with Gasteiger partial charge in [0.1, 0.15) is 0 Å². The van der Waals surface area contributed by atoms with Gasteiger partial charge >= 0.3 is 0 Å². The highest BCUT2D eigenvalue weighted by Crippen LogP contribution is 2.35. The Bertz CT molecular complexity index is 229. The molecular weight excluding hydrogens is 252 g/mol. The fourth-order valence-corrected chi connectivity index (χ4v) is 3.36. The van der Waals surface area contributed by atoms with Crippen LogP contribution < -0.4 is 5.32 Å². The molecule has 4 nitrogen and oxygen atoms in total. The van der Waals surface area contributed by atoms with E-state index in [2.05, 4.69) is 17.1 Å². The number of methoxy groups -OCH3 is 1. The van der Waals surface area contributed by atoms with Crippen LogP contribution in [0.4, 0.5) is 0 Å². The van der Waals surface area contributed by atoms with Gasteiger partial charge in [-0.3, -0.25) is 0 Å². The van der Waals surface area contributed by atoms with Gasteiger partial charge in [-0.15, -0.1) is 0 Å². The maximum Gasteiger partial charge on any atom is 0.0587 e. The molecule has 0 aromatic heterocycles. The summed E-state index contributed by atoms with van der Waals surface area (Å²) in [6.45, 7) is 8.20. The molecule has 0 radical (unpaired) electrons. The average Bonchev–Trinajstić information content (AvgIpc) is 2.69. The molecule has 120 valence electrons. The van der Waals surface area contributed by atoms with Crippen molar-refractivity contribution < 1.29 is 9.84 Å². The van der Waals surface area contributed by atoms with Crippen LogP contribution in [0.25, 0.3) is 0 Å². The Morgan fingerprint density at radius 2 is 1.90 bits per heavy atom. The lowest BCUT2D eigenvalue weighted by Crippen LogP contribution is -2.45. The Kier molecular flexibility index (Phi) is 9.44. The van der Waals surface area contributed by atoms with Gasteiger partial charge in [0.2, 0.25) is 0 Å². The number of nitrogens with zero attached hydrogens (tertiary/aromatic N) is 1. The number of aliphatic hydroxyl groups is 1. The Hall–Kier alpha value is -0.160. The van der Waals surface area contributed by atoms with Crippen LogP contribution in [0.2, 0.25) is 0 Å². The molecule has 1 fully saturated rings. The van der Waals surface area contributed by atoms with E-state index in [1.54, 1.807) is 7.11 Å². The second-order valence-electron chi connectivity index (χ2n) is 6.18. The molecule has 4 heteroatoms. The standard InChI is InChI=1S/C16H34N2O2/c1-3-18(11-12-19)15-16(14-17-10-13-20-2)8-6-4-5-7-9-16/h17,19H,3-15H2,1-2H3. The van der Waals surface area contributed by atoms with Crippen molar-refractivity contribution in [3.05, 3.63) is 0 Å². The highest BCUT2D eigenvalue weighted by Gasteiger charge is 2.32. The number of aliphatic hydroxyl groups excluding tert-OH is 1. The van der Waals surface area contributed by atoms with E-state index in [0.717, 1.165) is 39.3 Å². The van der Waals surface area contributed by atoms with Crippen molar-refractivity contribution >= 4 is 0 Å². The maximum atomic E-state index is 9.21. The molecule has 0 heterocycles. The van der Waals surface area contributed by atoms with E-state index in [4.69, 9.17) is 4.74 Å². The minimum absolute atomic E-state index is 0.265. The number of hydrogen-bond donors (Lipinski definition) is 2. The van der Waals surface area contributed by atoms with E-state index in [9.17, 15) is 5.11 Å². The van der Waals surface area contributed by atoms with Gasteiger partial charge in [0.25, 0.3) is 0 Å². The lowest BCUT2D eigenvalue weighted by atomic mass is 9.79. The molecule has 0 unspecified atom stereocenters. The molecule has 0 aromatic carbocycles. The first kappa shape index (κ1) is 17.9. The summed E-state index contributed by atoms with van der Waals surface area (Å²) in [5.74, 6) is 0. The molecule has 0 aromatic rings. The van der Waals surface area contributed by atoms with Gasteiger partial charge in [-0.05, 0) is 24.8 Å². The van der Waals surface area contributed by atoms with Crippen molar-refractivity contribution in [3.63, 3.8) is 0 Å². The first-order valence-electron chi connectivity index (χ1n) is 8.29. The first-order chi connectivity index (χ1) is 9.76. The summed E-state index contributed by atoms with van der Waals surface area (Å²) in [5, 5.41) is 12.8. The minimum Gasteiger partial charge on any atom is -0.395 e. The molecule has 0 spiro atoms. The zero-order chi connectivity index (χ0) is 14.7. The SMILES string of the molecule is CCN(CCO)CC1(CNCCOC)CCCCCC1. The smallest absolute Gasteiger partial charge is 0.0587 e. The van der Waals surface area contributed by atoms with E-state index in [0.29, 0.717) is 5.41 Å². The summed E-state index contributed by atoms with van der Waals surface area (Å²) in [6, 6.07) is 0. The minimum atomic E-state index is 0.265. The molecule has 0 bridgehead atoms.